The molecule has 0 radical (unpaired) electrons. The van der Waals surface area contributed by atoms with E-state index in [1.165, 1.54) is 13.0 Å². The van der Waals surface area contributed by atoms with Crippen molar-refractivity contribution in [2.75, 3.05) is 22.1 Å². The van der Waals surface area contributed by atoms with E-state index >= 15 is 0 Å². The van der Waals surface area contributed by atoms with Gasteiger partial charge in [0.25, 0.3) is 5.91 Å². The minimum atomic E-state index is -3.09. The summed E-state index contributed by atoms with van der Waals surface area (Å²) < 4.78 is 22.9. The van der Waals surface area contributed by atoms with Crippen molar-refractivity contribution >= 4 is 38.9 Å². The van der Waals surface area contributed by atoms with Gasteiger partial charge in [-0.25, -0.2) is 13.2 Å². The van der Waals surface area contributed by atoms with Gasteiger partial charge in [-0.1, -0.05) is 18.2 Å². The first-order valence-electron chi connectivity index (χ1n) is 9.02. The highest BCUT2D eigenvalue weighted by atomic mass is 32.2. The molecular formula is C20H21N3O5S. The number of amides is 3. The second-order valence-electron chi connectivity index (χ2n) is 6.87. The number of nitrogens with one attached hydrogen (secondary N) is 3. The van der Waals surface area contributed by atoms with E-state index in [2.05, 4.69) is 16.0 Å². The van der Waals surface area contributed by atoms with E-state index in [4.69, 9.17) is 0 Å². The first kappa shape index (κ1) is 20.5. The maximum Gasteiger partial charge on any atom is 0.319 e. The van der Waals surface area contributed by atoms with E-state index in [9.17, 15) is 22.8 Å². The molecule has 0 saturated carbocycles. The molecule has 1 aliphatic rings. The summed E-state index contributed by atoms with van der Waals surface area (Å²) in [6.45, 7) is 1.45. The lowest BCUT2D eigenvalue weighted by Gasteiger charge is -2.13. The van der Waals surface area contributed by atoms with E-state index in [1.807, 2.05) is 0 Å². The minimum Gasteiger partial charge on any atom is -0.334 e. The summed E-state index contributed by atoms with van der Waals surface area (Å²) in [6.07, 6.45) is 0.386. The average molecular weight is 415 g/mol. The first-order chi connectivity index (χ1) is 13.7. The Morgan fingerprint density at radius 2 is 1.55 bits per heavy atom. The Morgan fingerprint density at radius 1 is 0.931 bits per heavy atom. The molecule has 0 aromatic heterocycles. The Morgan fingerprint density at radius 3 is 2.17 bits per heavy atom. The number of Topliss-reactive ketones (excluding diaryl/α,β-unsaturated/α-hetero) is 1. The van der Waals surface area contributed by atoms with Gasteiger partial charge in [-0.15, -0.1) is 0 Å². The van der Waals surface area contributed by atoms with Crippen molar-refractivity contribution in [1.82, 2.24) is 5.32 Å². The van der Waals surface area contributed by atoms with Crippen LogP contribution in [0.25, 0.3) is 0 Å². The van der Waals surface area contributed by atoms with E-state index in [0.717, 1.165) is 0 Å². The number of sulfone groups is 1. The third kappa shape index (κ3) is 5.64. The predicted octanol–water partition coefficient (Wildman–Crippen LogP) is 2.45. The molecule has 0 unspecified atom stereocenters. The number of hydrogen-bond acceptors (Lipinski definition) is 5. The quantitative estimate of drug-likeness (QED) is 0.648. The van der Waals surface area contributed by atoms with Crippen molar-refractivity contribution in [1.29, 1.82) is 0 Å². The van der Waals surface area contributed by atoms with Gasteiger partial charge in [-0.05, 0) is 43.7 Å². The molecule has 1 fully saturated rings. The topological polar surface area (TPSA) is 121 Å². The van der Waals surface area contributed by atoms with Crippen molar-refractivity contribution in [3.63, 3.8) is 0 Å². The van der Waals surface area contributed by atoms with Gasteiger partial charge in [0.1, 0.15) is 0 Å². The smallest absolute Gasteiger partial charge is 0.319 e. The number of carbonyl (C=O) groups is 3. The highest BCUT2D eigenvalue weighted by Crippen LogP contribution is 2.16. The SMILES string of the molecule is CC(=O)c1cccc(NC(=O)c2cccc(NC(=O)N[C@H]3CCS(=O)(=O)C3)c2)c1. The molecule has 1 atom stereocenters. The third-order valence-electron chi connectivity index (χ3n) is 4.48. The highest BCUT2D eigenvalue weighted by molar-refractivity contribution is 7.91. The Bertz CT molecular complexity index is 1070. The summed E-state index contributed by atoms with van der Waals surface area (Å²) in [5.41, 5.74) is 1.69. The zero-order valence-electron chi connectivity index (χ0n) is 15.8. The van der Waals surface area contributed by atoms with Gasteiger partial charge in [0.05, 0.1) is 11.5 Å². The van der Waals surface area contributed by atoms with E-state index in [0.29, 0.717) is 28.9 Å². The number of carbonyl (C=O) groups excluding carboxylic acids is 3. The molecule has 152 valence electrons. The standard InChI is InChI=1S/C20H21N3O5S/c1-13(24)14-4-2-6-16(10-14)21-19(25)15-5-3-7-17(11-15)22-20(26)23-18-8-9-29(27,28)12-18/h2-7,10-11,18H,8-9,12H2,1H3,(H,21,25)(H2,22,23,26)/t18-/m0/s1. The van der Waals surface area contributed by atoms with Crippen molar-refractivity contribution in [3.05, 3.63) is 59.7 Å². The van der Waals surface area contributed by atoms with Crippen LogP contribution >= 0.6 is 0 Å². The van der Waals surface area contributed by atoms with E-state index < -0.39 is 27.8 Å². The zero-order chi connectivity index (χ0) is 21.0. The number of anilines is 2. The Hall–Kier alpha value is -3.20. The second-order valence-corrected chi connectivity index (χ2v) is 9.10. The summed E-state index contributed by atoms with van der Waals surface area (Å²) in [5.74, 6) is -0.495. The normalized spacial score (nSPS) is 17.3. The van der Waals surface area contributed by atoms with Crippen LogP contribution in [0.5, 0.6) is 0 Å². The molecule has 9 heteroatoms. The molecule has 0 bridgehead atoms. The Kier molecular flexibility index (Phi) is 5.97. The summed E-state index contributed by atoms with van der Waals surface area (Å²) in [5, 5.41) is 7.95. The fourth-order valence-corrected chi connectivity index (χ4v) is 4.69. The molecule has 1 heterocycles. The van der Waals surface area contributed by atoms with Gasteiger partial charge < -0.3 is 16.0 Å². The van der Waals surface area contributed by atoms with Crippen molar-refractivity contribution in [3.8, 4) is 0 Å². The van der Waals surface area contributed by atoms with Crippen LogP contribution in [0, 0.1) is 0 Å². The Labute approximate surface area is 168 Å². The van der Waals surface area contributed by atoms with E-state index in [-0.39, 0.29) is 17.3 Å². The largest absolute Gasteiger partial charge is 0.334 e. The summed E-state index contributed by atoms with van der Waals surface area (Å²) >= 11 is 0. The van der Waals surface area contributed by atoms with Gasteiger partial charge >= 0.3 is 6.03 Å². The van der Waals surface area contributed by atoms with Crippen molar-refractivity contribution in [2.24, 2.45) is 0 Å². The summed E-state index contributed by atoms with van der Waals surface area (Å²) in [7, 11) is -3.09. The van der Waals surface area contributed by atoms with Crippen molar-refractivity contribution in [2.45, 2.75) is 19.4 Å². The molecule has 3 rings (SSSR count). The molecule has 2 aromatic carbocycles. The minimum absolute atomic E-state index is 0.0673. The molecule has 1 saturated heterocycles. The molecule has 1 aliphatic heterocycles. The van der Waals surface area contributed by atoms with Crippen LogP contribution in [-0.4, -0.2) is 43.7 Å². The zero-order valence-corrected chi connectivity index (χ0v) is 16.6. The summed E-state index contributed by atoms with van der Waals surface area (Å²) in [4.78, 5) is 36.1. The molecule has 2 aromatic rings. The van der Waals surface area contributed by atoms with Gasteiger partial charge in [0, 0.05) is 28.5 Å². The number of rotatable bonds is 5. The lowest BCUT2D eigenvalue weighted by Crippen LogP contribution is -2.38. The number of benzene rings is 2. The van der Waals surface area contributed by atoms with Crippen LogP contribution in [0.15, 0.2) is 48.5 Å². The van der Waals surface area contributed by atoms with Gasteiger partial charge in [-0.3, -0.25) is 9.59 Å². The number of urea groups is 1. The van der Waals surface area contributed by atoms with Crippen LogP contribution in [-0.2, 0) is 9.84 Å². The molecule has 3 amide bonds. The Balaban J connectivity index is 1.63. The fraction of sp³-hybridized carbons (Fsp3) is 0.250. The van der Waals surface area contributed by atoms with E-state index in [1.54, 1.807) is 42.5 Å². The molecule has 3 N–H and O–H groups in total. The first-order valence-corrected chi connectivity index (χ1v) is 10.8. The van der Waals surface area contributed by atoms with Gasteiger partial charge in [-0.2, -0.15) is 0 Å². The average Bonchev–Trinajstić information content (AvgIpc) is 3.00. The lowest BCUT2D eigenvalue weighted by molar-refractivity contribution is 0.101. The van der Waals surface area contributed by atoms with Crippen LogP contribution in [0.4, 0.5) is 16.2 Å². The number of ketones is 1. The molecule has 0 aliphatic carbocycles. The highest BCUT2D eigenvalue weighted by Gasteiger charge is 2.28. The lowest BCUT2D eigenvalue weighted by atomic mass is 10.1. The molecule has 0 spiro atoms. The van der Waals surface area contributed by atoms with Crippen LogP contribution in [0.2, 0.25) is 0 Å². The molecule has 8 nitrogen and oxygen atoms in total. The fourth-order valence-electron chi connectivity index (χ4n) is 3.02. The van der Waals surface area contributed by atoms with Crippen LogP contribution < -0.4 is 16.0 Å². The van der Waals surface area contributed by atoms with Crippen molar-refractivity contribution < 1.29 is 22.8 Å². The number of hydrogen-bond donors (Lipinski definition) is 3. The maximum absolute atomic E-state index is 12.5. The maximum atomic E-state index is 12.5. The summed E-state index contributed by atoms with van der Waals surface area (Å²) in [6, 6.07) is 12.0. The van der Waals surface area contributed by atoms with Gasteiger partial charge in [0.2, 0.25) is 0 Å². The van der Waals surface area contributed by atoms with Crippen LogP contribution in [0.3, 0.4) is 0 Å². The monoisotopic (exact) mass is 415 g/mol. The third-order valence-corrected chi connectivity index (χ3v) is 6.25. The second kappa shape index (κ2) is 8.44. The molecular weight excluding hydrogens is 394 g/mol. The van der Waals surface area contributed by atoms with Crippen LogP contribution in [0.1, 0.15) is 34.1 Å². The van der Waals surface area contributed by atoms with Gasteiger partial charge in [0.15, 0.2) is 15.6 Å². The predicted molar refractivity (Wildman–Crippen MR) is 110 cm³/mol. The molecule has 29 heavy (non-hydrogen) atoms.